The number of alkyl halides is 1. The van der Waals surface area contributed by atoms with Crippen LogP contribution in [-0.2, 0) is 0 Å². The first-order chi connectivity index (χ1) is 8.40. The average molecular weight is 236 g/mol. The van der Waals surface area contributed by atoms with Crippen molar-refractivity contribution in [3.8, 4) is 0 Å². The molecule has 1 aromatic rings. The number of benzene rings is 1. The van der Waals surface area contributed by atoms with Gasteiger partial charge in [-0.25, -0.2) is 0 Å². The minimum atomic E-state index is -0.208. The molecule has 17 heavy (non-hydrogen) atoms. The minimum absolute atomic E-state index is 0.208. The van der Waals surface area contributed by atoms with E-state index in [4.69, 9.17) is 0 Å². The molecule has 1 atom stereocenters. The van der Waals surface area contributed by atoms with Crippen molar-refractivity contribution in [2.24, 2.45) is 0 Å². The van der Waals surface area contributed by atoms with E-state index in [0.717, 1.165) is 32.6 Å². The molecule has 0 saturated carbocycles. The number of nitrogens with zero attached hydrogens (tertiary/aromatic N) is 1. The molecule has 3 heteroatoms. The molecule has 0 spiro atoms. The lowest BCUT2D eigenvalue weighted by molar-refractivity contribution is 0.254. The molecule has 1 heterocycles. The van der Waals surface area contributed by atoms with E-state index in [9.17, 15) is 4.39 Å². The van der Waals surface area contributed by atoms with Gasteiger partial charge in [-0.2, -0.15) is 0 Å². The molecule has 0 amide bonds. The average Bonchev–Trinajstić information content (AvgIpc) is 2.63. The van der Waals surface area contributed by atoms with Gasteiger partial charge in [-0.3, -0.25) is 4.39 Å². The van der Waals surface area contributed by atoms with E-state index in [1.807, 2.05) is 6.07 Å². The fraction of sp³-hybridized carbons (Fsp3) is 0.571. The Morgan fingerprint density at radius 3 is 2.88 bits per heavy atom. The fourth-order valence-corrected chi connectivity index (χ4v) is 2.39. The van der Waals surface area contributed by atoms with Crippen LogP contribution in [0.15, 0.2) is 30.3 Å². The van der Waals surface area contributed by atoms with Gasteiger partial charge in [-0.05, 0) is 31.5 Å². The van der Waals surface area contributed by atoms with Gasteiger partial charge in [-0.1, -0.05) is 30.3 Å². The van der Waals surface area contributed by atoms with E-state index in [1.165, 1.54) is 5.56 Å². The standard InChI is InChI=1S/C14H21FN2/c15-8-4-10-17-11-5-9-16-14(12-17)13-6-2-1-3-7-13/h1-3,6-7,14,16H,4-5,8-12H2. The smallest absolute Gasteiger partial charge is 0.0906 e. The van der Waals surface area contributed by atoms with Crippen molar-refractivity contribution in [2.45, 2.75) is 18.9 Å². The first kappa shape index (κ1) is 12.5. The molecule has 1 saturated heterocycles. The maximum atomic E-state index is 12.2. The van der Waals surface area contributed by atoms with E-state index in [1.54, 1.807) is 0 Å². The molecule has 1 fully saturated rings. The maximum Gasteiger partial charge on any atom is 0.0906 e. The number of hydrogen-bond donors (Lipinski definition) is 1. The van der Waals surface area contributed by atoms with Crippen LogP contribution in [0.4, 0.5) is 4.39 Å². The summed E-state index contributed by atoms with van der Waals surface area (Å²) in [6.45, 7) is 3.79. The number of nitrogens with one attached hydrogen (secondary N) is 1. The second-order valence-corrected chi connectivity index (χ2v) is 4.61. The molecular formula is C14H21FN2. The first-order valence-electron chi connectivity index (χ1n) is 6.47. The van der Waals surface area contributed by atoms with Gasteiger partial charge in [0.2, 0.25) is 0 Å². The summed E-state index contributed by atoms with van der Waals surface area (Å²) in [4.78, 5) is 2.37. The second kappa shape index (κ2) is 6.72. The van der Waals surface area contributed by atoms with Gasteiger partial charge in [0, 0.05) is 19.1 Å². The Hall–Kier alpha value is -0.930. The molecule has 2 rings (SSSR count). The maximum absolute atomic E-state index is 12.2. The zero-order chi connectivity index (χ0) is 11.9. The van der Waals surface area contributed by atoms with Crippen molar-refractivity contribution in [3.05, 3.63) is 35.9 Å². The first-order valence-corrected chi connectivity index (χ1v) is 6.47. The lowest BCUT2D eigenvalue weighted by Crippen LogP contribution is -2.32. The molecule has 1 unspecified atom stereocenters. The molecule has 1 N–H and O–H groups in total. The van der Waals surface area contributed by atoms with Gasteiger partial charge in [0.15, 0.2) is 0 Å². The van der Waals surface area contributed by atoms with Crippen molar-refractivity contribution in [1.29, 1.82) is 0 Å². The van der Waals surface area contributed by atoms with Gasteiger partial charge in [0.05, 0.1) is 6.67 Å². The lowest BCUT2D eigenvalue weighted by atomic mass is 10.1. The summed E-state index contributed by atoms with van der Waals surface area (Å²) >= 11 is 0. The summed E-state index contributed by atoms with van der Waals surface area (Å²) in [7, 11) is 0. The van der Waals surface area contributed by atoms with Crippen LogP contribution in [0.2, 0.25) is 0 Å². The summed E-state index contributed by atoms with van der Waals surface area (Å²) in [5.74, 6) is 0. The fourth-order valence-electron chi connectivity index (χ4n) is 2.39. The molecule has 0 aromatic heterocycles. The van der Waals surface area contributed by atoms with Crippen LogP contribution < -0.4 is 5.32 Å². The third-order valence-corrected chi connectivity index (χ3v) is 3.29. The molecule has 0 aliphatic carbocycles. The van der Waals surface area contributed by atoms with Gasteiger partial charge in [-0.15, -0.1) is 0 Å². The lowest BCUT2D eigenvalue weighted by Gasteiger charge is -2.24. The van der Waals surface area contributed by atoms with Crippen LogP contribution in [0.3, 0.4) is 0 Å². The highest BCUT2D eigenvalue weighted by Gasteiger charge is 2.18. The third-order valence-electron chi connectivity index (χ3n) is 3.29. The third kappa shape index (κ3) is 3.79. The van der Waals surface area contributed by atoms with Gasteiger partial charge in [0.1, 0.15) is 0 Å². The molecule has 1 aromatic carbocycles. The van der Waals surface area contributed by atoms with E-state index < -0.39 is 0 Å². The summed E-state index contributed by atoms with van der Waals surface area (Å²) in [5.41, 5.74) is 1.33. The quantitative estimate of drug-likeness (QED) is 0.863. The van der Waals surface area contributed by atoms with Crippen molar-refractivity contribution in [3.63, 3.8) is 0 Å². The van der Waals surface area contributed by atoms with Crippen LogP contribution in [0, 0.1) is 0 Å². The largest absolute Gasteiger partial charge is 0.309 e. The molecule has 1 aliphatic rings. The number of halogens is 1. The van der Waals surface area contributed by atoms with Crippen molar-refractivity contribution in [1.82, 2.24) is 10.2 Å². The summed E-state index contributed by atoms with van der Waals surface area (Å²) < 4.78 is 12.2. The normalized spacial score (nSPS) is 22.3. The Morgan fingerprint density at radius 2 is 2.12 bits per heavy atom. The zero-order valence-corrected chi connectivity index (χ0v) is 10.2. The van der Waals surface area contributed by atoms with Crippen molar-refractivity contribution < 1.29 is 4.39 Å². The monoisotopic (exact) mass is 236 g/mol. The Balaban J connectivity index is 1.97. The predicted molar refractivity (Wildman–Crippen MR) is 68.8 cm³/mol. The minimum Gasteiger partial charge on any atom is -0.309 e. The van der Waals surface area contributed by atoms with Crippen LogP contribution in [-0.4, -0.2) is 37.8 Å². The summed E-state index contributed by atoms with van der Waals surface area (Å²) in [6, 6.07) is 10.9. The number of hydrogen-bond acceptors (Lipinski definition) is 2. The number of rotatable bonds is 4. The van der Waals surface area contributed by atoms with Crippen molar-refractivity contribution in [2.75, 3.05) is 32.9 Å². The van der Waals surface area contributed by atoms with Crippen molar-refractivity contribution >= 4 is 0 Å². The van der Waals surface area contributed by atoms with E-state index in [-0.39, 0.29) is 6.67 Å². The summed E-state index contributed by atoms with van der Waals surface area (Å²) in [5, 5.41) is 3.57. The zero-order valence-electron chi connectivity index (χ0n) is 10.2. The summed E-state index contributed by atoms with van der Waals surface area (Å²) in [6.07, 6.45) is 1.80. The molecular weight excluding hydrogens is 215 g/mol. The molecule has 1 aliphatic heterocycles. The molecule has 94 valence electrons. The molecule has 2 nitrogen and oxygen atoms in total. The topological polar surface area (TPSA) is 15.3 Å². The molecule has 0 radical (unpaired) electrons. The van der Waals surface area contributed by atoms with Crippen LogP contribution >= 0.6 is 0 Å². The van der Waals surface area contributed by atoms with E-state index in [0.29, 0.717) is 12.5 Å². The Labute approximate surface area is 103 Å². The van der Waals surface area contributed by atoms with E-state index >= 15 is 0 Å². The van der Waals surface area contributed by atoms with Gasteiger partial charge in [0.25, 0.3) is 0 Å². The highest BCUT2D eigenvalue weighted by molar-refractivity contribution is 5.19. The SMILES string of the molecule is FCCCN1CCCNC(c2ccccc2)C1. The van der Waals surface area contributed by atoms with Crippen LogP contribution in [0.1, 0.15) is 24.4 Å². The highest BCUT2D eigenvalue weighted by atomic mass is 19.1. The van der Waals surface area contributed by atoms with Gasteiger partial charge >= 0.3 is 0 Å². The Bertz CT molecular complexity index is 315. The molecule has 0 bridgehead atoms. The van der Waals surface area contributed by atoms with Crippen LogP contribution in [0.25, 0.3) is 0 Å². The highest BCUT2D eigenvalue weighted by Crippen LogP contribution is 2.16. The second-order valence-electron chi connectivity index (χ2n) is 4.61. The Morgan fingerprint density at radius 1 is 1.29 bits per heavy atom. The van der Waals surface area contributed by atoms with E-state index in [2.05, 4.69) is 34.5 Å². The van der Waals surface area contributed by atoms with Crippen LogP contribution in [0.5, 0.6) is 0 Å². The van der Waals surface area contributed by atoms with Gasteiger partial charge < -0.3 is 10.2 Å². The Kier molecular flexibility index (Phi) is 4.95. The predicted octanol–water partition coefficient (Wildman–Crippen LogP) is 2.38.